The second-order valence-electron chi connectivity index (χ2n) is 14.2. The molecule has 2 fully saturated rings. The van der Waals surface area contributed by atoms with Crippen molar-refractivity contribution in [3.63, 3.8) is 0 Å². The quantitative estimate of drug-likeness (QED) is 0.0586. The number of hydrogen-bond donors (Lipinski definition) is 7. The molecule has 0 aromatic heterocycles. The molecule has 286 valence electrons. The zero-order valence-electron chi connectivity index (χ0n) is 30.4. The third-order valence-corrected chi connectivity index (χ3v) is 10.3. The molecule has 2 aliphatic rings. The number of guanidine groups is 1. The standard InChI is InChI=1S/C41H51N7O6/c42-41(43)44-22-10-17-32(38(52)45-31(26-37(50)51)19-18-27-11-4-1-5-12-27)47-39(53)35-25-30(23-28-13-6-2-7-14-28)34-21-20-33(40(54)48(34)35)46-36(49)24-29-15-8-3-9-16-29/h1-9,11-16,30-35H,10,17-26H2,(H,45,52)(H,46,49)(H,47,53)(H,50,51)(H4,42,43,44)/t30-,31?,32+,33?,34+,35?/m1/s1. The van der Waals surface area contributed by atoms with Gasteiger partial charge in [-0.3, -0.25) is 29.4 Å². The van der Waals surface area contributed by atoms with Crippen molar-refractivity contribution in [3.8, 4) is 0 Å². The Kier molecular flexibility index (Phi) is 14.2. The molecule has 13 nitrogen and oxygen atoms in total. The van der Waals surface area contributed by atoms with E-state index in [9.17, 15) is 29.1 Å². The molecule has 2 saturated heterocycles. The van der Waals surface area contributed by atoms with Crippen LogP contribution in [0.1, 0.15) is 61.6 Å². The summed E-state index contributed by atoms with van der Waals surface area (Å²) in [6.45, 7) is 0.279. The Morgan fingerprint density at radius 3 is 2.11 bits per heavy atom. The molecule has 8 N–H and O–H groups in total. The Balaban J connectivity index is 1.33. The Hall–Kier alpha value is -5.72. The smallest absolute Gasteiger partial charge is 0.305 e. The van der Waals surface area contributed by atoms with Crippen molar-refractivity contribution in [2.24, 2.45) is 11.7 Å². The molecule has 2 heterocycles. The molecule has 13 heteroatoms. The lowest BCUT2D eigenvalue weighted by molar-refractivity contribution is -0.147. The van der Waals surface area contributed by atoms with Crippen LogP contribution in [0.15, 0.2) is 91.0 Å². The number of nitrogens with zero attached hydrogens (tertiary/aromatic N) is 1. The fraction of sp³-hybridized carbons (Fsp3) is 0.415. The van der Waals surface area contributed by atoms with Gasteiger partial charge in [0.2, 0.25) is 23.6 Å². The van der Waals surface area contributed by atoms with E-state index in [1.54, 1.807) is 4.90 Å². The topological polar surface area (TPSA) is 207 Å². The first-order valence-electron chi connectivity index (χ1n) is 18.7. The van der Waals surface area contributed by atoms with Crippen LogP contribution in [0.3, 0.4) is 0 Å². The van der Waals surface area contributed by atoms with Crippen LogP contribution in [0.2, 0.25) is 0 Å². The predicted molar refractivity (Wildman–Crippen MR) is 204 cm³/mol. The molecule has 0 aliphatic carbocycles. The first kappa shape index (κ1) is 39.5. The van der Waals surface area contributed by atoms with E-state index in [0.717, 1.165) is 16.7 Å². The number of rotatable bonds is 18. The van der Waals surface area contributed by atoms with Gasteiger partial charge in [-0.1, -0.05) is 91.0 Å². The summed E-state index contributed by atoms with van der Waals surface area (Å²) >= 11 is 0. The monoisotopic (exact) mass is 737 g/mol. The zero-order valence-corrected chi connectivity index (χ0v) is 30.4. The number of hydrogen-bond acceptors (Lipinski definition) is 6. The molecule has 6 atom stereocenters. The summed E-state index contributed by atoms with van der Waals surface area (Å²) in [5.74, 6) is -2.93. The Morgan fingerprint density at radius 2 is 1.48 bits per heavy atom. The zero-order chi connectivity index (χ0) is 38.5. The third kappa shape index (κ3) is 11.4. The van der Waals surface area contributed by atoms with E-state index in [-0.39, 0.29) is 55.5 Å². The number of benzene rings is 3. The highest BCUT2D eigenvalue weighted by Crippen LogP contribution is 2.39. The van der Waals surface area contributed by atoms with Gasteiger partial charge in [0, 0.05) is 18.6 Å². The van der Waals surface area contributed by atoms with E-state index >= 15 is 0 Å². The van der Waals surface area contributed by atoms with E-state index < -0.39 is 42.0 Å². The van der Waals surface area contributed by atoms with Gasteiger partial charge in [0.1, 0.15) is 18.1 Å². The van der Waals surface area contributed by atoms with E-state index in [0.29, 0.717) is 44.9 Å². The summed E-state index contributed by atoms with van der Waals surface area (Å²) in [7, 11) is 0. The average molecular weight is 738 g/mol. The number of amides is 4. The first-order chi connectivity index (χ1) is 26.1. The molecular formula is C41H51N7O6. The van der Waals surface area contributed by atoms with Crippen LogP contribution in [-0.4, -0.2) is 82.3 Å². The van der Waals surface area contributed by atoms with Gasteiger partial charge in [-0.15, -0.1) is 0 Å². The van der Waals surface area contributed by atoms with Gasteiger partial charge in [0.15, 0.2) is 5.96 Å². The molecule has 5 rings (SSSR count). The van der Waals surface area contributed by atoms with Gasteiger partial charge in [-0.25, -0.2) is 0 Å². The SMILES string of the molecule is N=C(N)NCCC[C@H](NC(=O)C1C[C@@H](Cc2ccccc2)[C@@H]2CCC(NC(=O)Cc3ccccc3)C(=O)N12)C(=O)NC(CCc1ccccc1)CC(=O)O. The highest BCUT2D eigenvalue weighted by Gasteiger charge is 2.51. The van der Waals surface area contributed by atoms with Crippen LogP contribution in [0.5, 0.6) is 0 Å². The molecule has 0 bridgehead atoms. The maximum atomic E-state index is 14.3. The number of carbonyl (C=O) groups is 5. The Morgan fingerprint density at radius 1 is 0.852 bits per heavy atom. The minimum atomic E-state index is -1.06. The molecule has 0 spiro atoms. The van der Waals surface area contributed by atoms with Gasteiger partial charge in [-0.2, -0.15) is 0 Å². The van der Waals surface area contributed by atoms with Crippen LogP contribution >= 0.6 is 0 Å². The molecule has 3 aromatic carbocycles. The van der Waals surface area contributed by atoms with Crippen LogP contribution in [-0.2, 0) is 43.2 Å². The minimum Gasteiger partial charge on any atom is -0.481 e. The molecule has 0 radical (unpaired) electrons. The normalized spacial score (nSPS) is 20.2. The lowest BCUT2D eigenvalue weighted by Gasteiger charge is -2.39. The average Bonchev–Trinajstić information content (AvgIpc) is 3.52. The van der Waals surface area contributed by atoms with E-state index in [2.05, 4.69) is 21.3 Å². The van der Waals surface area contributed by atoms with Gasteiger partial charge in [0.25, 0.3) is 0 Å². The maximum absolute atomic E-state index is 14.3. The van der Waals surface area contributed by atoms with Gasteiger partial charge < -0.3 is 37.0 Å². The van der Waals surface area contributed by atoms with Crippen molar-refractivity contribution in [3.05, 3.63) is 108 Å². The van der Waals surface area contributed by atoms with Crippen molar-refractivity contribution < 1.29 is 29.1 Å². The maximum Gasteiger partial charge on any atom is 0.305 e. The highest BCUT2D eigenvalue weighted by atomic mass is 16.4. The number of carboxylic acids is 1. The van der Waals surface area contributed by atoms with Gasteiger partial charge >= 0.3 is 5.97 Å². The largest absolute Gasteiger partial charge is 0.481 e. The fourth-order valence-corrected chi connectivity index (χ4v) is 7.67. The molecule has 54 heavy (non-hydrogen) atoms. The second-order valence-corrected chi connectivity index (χ2v) is 14.2. The number of aryl methyl sites for hydroxylation is 1. The van der Waals surface area contributed by atoms with Crippen LogP contribution in [0, 0.1) is 11.3 Å². The Labute approximate surface area is 316 Å². The number of carbonyl (C=O) groups excluding carboxylic acids is 4. The number of nitrogens with one attached hydrogen (secondary N) is 5. The third-order valence-electron chi connectivity index (χ3n) is 10.3. The molecular weight excluding hydrogens is 686 g/mol. The number of fused-ring (bicyclic) bond motifs is 1. The molecule has 3 aromatic rings. The number of carboxylic acid groups (broad SMARTS) is 1. The molecule has 2 aliphatic heterocycles. The predicted octanol–water partition coefficient (Wildman–Crippen LogP) is 2.68. The van der Waals surface area contributed by atoms with Gasteiger partial charge in [-0.05, 0) is 74.0 Å². The molecule has 3 unspecified atom stereocenters. The molecule has 0 saturated carbocycles. The number of aliphatic carboxylic acids is 1. The van der Waals surface area contributed by atoms with Crippen molar-refractivity contribution >= 4 is 35.6 Å². The first-order valence-corrected chi connectivity index (χ1v) is 18.7. The van der Waals surface area contributed by atoms with Crippen LogP contribution in [0.4, 0.5) is 0 Å². The minimum absolute atomic E-state index is 0.0296. The lowest BCUT2D eigenvalue weighted by Crippen LogP contribution is -2.60. The Bertz CT molecular complexity index is 1740. The second kappa shape index (κ2) is 19.4. The van der Waals surface area contributed by atoms with Crippen molar-refractivity contribution in [2.75, 3.05) is 6.54 Å². The van der Waals surface area contributed by atoms with Gasteiger partial charge in [0.05, 0.1) is 12.8 Å². The fourth-order valence-electron chi connectivity index (χ4n) is 7.67. The van der Waals surface area contributed by atoms with Crippen molar-refractivity contribution in [1.29, 1.82) is 5.41 Å². The van der Waals surface area contributed by atoms with Crippen molar-refractivity contribution in [2.45, 2.75) is 94.4 Å². The van der Waals surface area contributed by atoms with E-state index in [4.69, 9.17) is 11.1 Å². The number of piperidine rings is 1. The summed E-state index contributed by atoms with van der Waals surface area (Å²) in [6, 6.07) is 25.1. The summed E-state index contributed by atoms with van der Waals surface area (Å²) in [6.07, 6.45) is 3.37. The molecule has 4 amide bonds. The van der Waals surface area contributed by atoms with Crippen molar-refractivity contribution in [1.82, 2.24) is 26.2 Å². The summed E-state index contributed by atoms with van der Waals surface area (Å²) < 4.78 is 0. The summed E-state index contributed by atoms with van der Waals surface area (Å²) in [5.41, 5.74) is 8.37. The highest BCUT2D eigenvalue weighted by molar-refractivity contribution is 5.95. The lowest BCUT2D eigenvalue weighted by atomic mass is 9.86. The summed E-state index contributed by atoms with van der Waals surface area (Å²) in [4.78, 5) is 68.8. The van der Waals surface area contributed by atoms with E-state index in [1.165, 1.54) is 0 Å². The van der Waals surface area contributed by atoms with Crippen LogP contribution in [0.25, 0.3) is 0 Å². The van der Waals surface area contributed by atoms with E-state index in [1.807, 2.05) is 91.0 Å². The summed E-state index contributed by atoms with van der Waals surface area (Å²) in [5, 5.41) is 28.5. The van der Waals surface area contributed by atoms with Crippen LogP contribution < -0.4 is 27.0 Å². The number of nitrogens with two attached hydrogens (primary N) is 1.